The van der Waals surface area contributed by atoms with E-state index in [4.69, 9.17) is 9.47 Å². The molecule has 1 aliphatic rings. The maximum absolute atomic E-state index is 13.3. The first-order chi connectivity index (χ1) is 17.5. The van der Waals surface area contributed by atoms with Crippen LogP contribution < -0.4 is 19.9 Å². The first-order valence-electron chi connectivity index (χ1n) is 11.8. The number of hydrogen-bond donors (Lipinski definition) is 0. The first kappa shape index (κ1) is 23.5. The molecule has 1 saturated heterocycles. The number of carbonyl (C=O) groups excluding carboxylic acids is 1. The molecule has 1 aliphatic heterocycles. The summed E-state index contributed by atoms with van der Waals surface area (Å²) in [5.74, 6) is 1.46. The molecule has 0 atom stereocenters. The molecule has 0 bridgehead atoms. The largest absolute Gasteiger partial charge is 0.497 e. The molecule has 0 radical (unpaired) electrons. The number of aryl methyl sites for hydroxylation is 1. The fourth-order valence-electron chi connectivity index (χ4n) is 4.68. The van der Waals surface area contributed by atoms with Gasteiger partial charge in [-0.2, -0.15) is 0 Å². The van der Waals surface area contributed by atoms with Gasteiger partial charge in [0, 0.05) is 50.7 Å². The van der Waals surface area contributed by atoms with Gasteiger partial charge in [-0.05, 0) is 42.0 Å². The van der Waals surface area contributed by atoms with Gasteiger partial charge in [-0.25, -0.2) is 4.98 Å². The molecule has 2 aromatic carbocycles. The predicted octanol–water partition coefficient (Wildman–Crippen LogP) is 2.77. The topological polar surface area (TPSA) is 81.8 Å². The van der Waals surface area contributed by atoms with Crippen molar-refractivity contribution < 1.29 is 14.3 Å². The standard InChI is InChI=1S/C27H29N5O4/c1-29-16-23(19-5-4-6-22(15-19)36-3)25-26(29)27(34)32(18-28-25)17-24(33)31-13-11-30(12-14-31)20-7-9-21(35-2)10-8-20/h4-10,15-16,18H,11-14,17H2,1-3H3. The summed E-state index contributed by atoms with van der Waals surface area (Å²) < 4.78 is 13.7. The summed E-state index contributed by atoms with van der Waals surface area (Å²) in [4.78, 5) is 35.0. The summed E-state index contributed by atoms with van der Waals surface area (Å²) in [5.41, 5.74) is 3.69. The van der Waals surface area contributed by atoms with E-state index in [1.807, 2.05) is 66.7 Å². The summed E-state index contributed by atoms with van der Waals surface area (Å²) in [6, 6.07) is 15.6. The van der Waals surface area contributed by atoms with Gasteiger partial charge >= 0.3 is 0 Å². The highest BCUT2D eigenvalue weighted by Crippen LogP contribution is 2.29. The fourth-order valence-corrected chi connectivity index (χ4v) is 4.68. The lowest BCUT2D eigenvalue weighted by Crippen LogP contribution is -2.50. The Kier molecular flexibility index (Phi) is 6.37. The molecule has 9 nitrogen and oxygen atoms in total. The average Bonchev–Trinajstić information content (AvgIpc) is 3.27. The van der Waals surface area contributed by atoms with Crippen LogP contribution in [0.15, 0.2) is 65.8 Å². The van der Waals surface area contributed by atoms with Gasteiger partial charge in [-0.3, -0.25) is 14.2 Å². The molecule has 36 heavy (non-hydrogen) atoms. The third-order valence-corrected chi connectivity index (χ3v) is 6.70. The zero-order chi connectivity index (χ0) is 25.2. The number of hydrogen-bond acceptors (Lipinski definition) is 6. The zero-order valence-corrected chi connectivity index (χ0v) is 20.7. The number of rotatable bonds is 6. The Hall–Kier alpha value is -4.27. The maximum Gasteiger partial charge on any atom is 0.278 e. The summed E-state index contributed by atoms with van der Waals surface area (Å²) in [6.45, 7) is 2.61. The van der Waals surface area contributed by atoms with Gasteiger partial charge in [0.2, 0.25) is 5.91 Å². The van der Waals surface area contributed by atoms with Crippen molar-refractivity contribution in [3.63, 3.8) is 0 Å². The van der Waals surface area contributed by atoms with Gasteiger partial charge in [0.15, 0.2) is 0 Å². The lowest BCUT2D eigenvalue weighted by atomic mass is 10.1. The molecule has 1 fully saturated rings. The monoisotopic (exact) mass is 487 g/mol. The third-order valence-electron chi connectivity index (χ3n) is 6.70. The van der Waals surface area contributed by atoms with E-state index < -0.39 is 0 Å². The van der Waals surface area contributed by atoms with Crippen molar-refractivity contribution in [3.8, 4) is 22.6 Å². The number of amides is 1. The maximum atomic E-state index is 13.3. The Morgan fingerprint density at radius 3 is 2.39 bits per heavy atom. The summed E-state index contributed by atoms with van der Waals surface area (Å²) in [6.07, 6.45) is 3.36. The number of nitrogens with zero attached hydrogens (tertiary/aromatic N) is 5. The number of carbonyl (C=O) groups is 1. The summed E-state index contributed by atoms with van der Waals surface area (Å²) in [7, 11) is 5.09. The Labute approximate surface area is 209 Å². The smallest absolute Gasteiger partial charge is 0.278 e. The predicted molar refractivity (Wildman–Crippen MR) is 139 cm³/mol. The highest BCUT2D eigenvalue weighted by atomic mass is 16.5. The van der Waals surface area contributed by atoms with Crippen LogP contribution >= 0.6 is 0 Å². The number of piperazine rings is 1. The van der Waals surface area contributed by atoms with Gasteiger partial charge in [0.05, 0.1) is 20.5 Å². The van der Waals surface area contributed by atoms with E-state index in [0.717, 1.165) is 41.4 Å². The molecule has 0 spiro atoms. The number of ether oxygens (including phenoxy) is 2. The molecule has 0 saturated carbocycles. The minimum Gasteiger partial charge on any atom is -0.497 e. The van der Waals surface area contributed by atoms with Gasteiger partial charge in [-0.1, -0.05) is 12.1 Å². The number of aromatic nitrogens is 3. The van der Waals surface area contributed by atoms with E-state index in [2.05, 4.69) is 9.88 Å². The molecule has 186 valence electrons. The van der Waals surface area contributed by atoms with Crippen LogP contribution in [0.5, 0.6) is 11.5 Å². The van der Waals surface area contributed by atoms with Gasteiger partial charge in [0.1, 0.15) is 29.1 Å². The second kappa shape index (κ2) is 9.77. The van der Waals surface area contributed by atoms with Crippen molar-refractivity contribution in [2.75, 3.05) is 45.3 Å². The number of benzene rings is 2. The Morgan fingerprint density at radius 1 is 0.972 bits per heavy atom. The van der Waals surface area contributed by atoms with Crippen LogP contribution in [0, 0.1) is 0 Å². The van der Waals surface area contributed by atoms with Crippen LogP contribution in [0.2, 0.25) is 0 Å². The van der Waals surface area contributed by atoms with Crippen molar-refractivity contribution in [1.29, 1.82) is 0 Å². The van der Waals surface area contributed by atoms with E-state index in [1.54, 1.807) is 18.8 Å². The molecule has 3 heterocycles. The highest BCUT2D eigenvalue weighted by molar-refractivity contribution is 5.92. The van der Waals surface area contributed by atoms with Crippen LogP contribution in [-0.2, 0) is 18.4 Å². The van der Waals surface area contributed by atoms with Crippen molar-refractivity contribution in [1.82, 2.24) is 19.0 Å². The van der Waals surface area contributed by atoms with Crippen LogP contribution in [0.4, 0.5) is 5.69 Å². The van der Waals surface area contributed by atoms with E-state index in [9.17, 15) is 9.59 Å². The van der Waals surface area contributed by atoms with Gasteiger partial charge in [0.25, 0.3) is 5.56 Å². The van der Waals surface area contributed by atoms with E-state index >= 15 is 0 Å². The molecule has 1 amide bonds. The Bertz CT molecular complexity index is 1450. The second-order valence-electron chi connectivity index (χ2n) is 8.83. The molecular formula is C27H29N5O4. The van der Waals surface area contributed by atoms with Crippen LogP contribution in [0.1, 0.15) is 0 Å². The Balaban J connectivity index is 1.31. The minimum absolute atomic E-state index is 0.0377. The van der Waals surface area contributed by atoms with E-state index in [0.29, 0.717) is 24.1 Å². The van der Waals surface area contributed by atoms with E-state index in [-0.39, 0.29) is 18.0 Å². The molecule has 2 aromatic heterocycles. The summed E-state index contributed by atoms with van der Waals surface area (Å²) in [5, 5.41) is 0. The zero-order valence-electron chi connectivity index (χ0n) is 20.7. The molecule has 0 unspecified atom stereocenters. The molecule has 0 N–H and O–H groups in total. The van der Waals surface area contributed by atoms with Crippen LogP contribution in [0.3, 0.4) is 0 Å². The third kappa shape index (κ3) is 4.39. The Morgan fingerprint density at radius 2 is 1.69 bits per heavy atom. The van der Waals surface area contributed by atoms with E-state index in [1.165, 1.54) is 10.9 Å². The lowest BCUT2D eigenvalue weighted by molar-refractivity contribution is -0.132. The molecule has 5 rings (SSSR count). The number of fused-ring (bicyclic) bond motifs is 1. The van der Waals surface area contributed by atoms with Crippen LogP contribution in [-0.4, -0.2) is 65.3 Å². The number of methoxy groups -OCH3 is 2. The van der Waals surface area contributed by atoms with Crippen LogP contribution in [0.25, 0.3) is 22.2 Å². The lowest BCUT2D eigenvalue weighted by Gasteiger charge is -2.36. The highest BCUT2D eigenvalue weighted by Gasteiger charge is 2.23. The normalized spacial score (nSPS) is 13.8. The average molecular weight is 488 g/mol. The molecule has 0 aliphatic carbocycles. The molecule has 4 aromatic rings. The minimum atomic E-state index is -0.234. The summed E-state index contributed by atoms with van der Waals surface area (Å²) >= 11 is 0. The van der Waals surface area contributed by atoms with Crippen molar-refractivity contribution in [3.05, 3.63) is 71.4 Å². The van der Waals surface area contributed by atoms with Gasteiger partial charge < -0.3 is 23.8 Å². The first-order valence-corrected chi connectivity index (χ1v) is 11.8. The van der Waals surface area contributed by atoms with Crippen molar-refractivity contribution in [2.45, 2.75) is 6.54 Å². The van der Waals surface area contributed by atoms with Crippen molar-refractivity contribution >= 4 is 22.6 Å². The second-order valence-corrected chi connectivity index (χ2v) is 8.83. The molecular weight excluding hydrogens is 458 g/mol. The fraction of sp³-hybridized carbons (Fsp3) is 0.296. The SMILES string of the molecule is COc1ccc(N2CCN(C(=O)Cn3cnc4c(-c5cccc(OC)c5)cn(C)c4c3=O)CC2)cc1. The van der Waals surface area contributed by atoms with Gasteiger partial charge in [-0.15, -0.1) is 0 Å². The number of anilines is 1. The quantitative estimate of drug-likeness (QED) is 0.416. The van der Waals surface area contributed by atoms with Crippen molar-refractivity contribution in [2.24, 2.45) is 7.05 Å². The molecule has 9 heteroatoms.